The van der Waals surface area contributed by atoms with Gasteiger partial charge in [0.15, 0.2) is 5.65 Å². The minimum Gasteiger partial charge on any atom is -0.496 e. The number of ether oxygens (including phenoxy) is 1. The Bertz CT molecular complexity index is 1300. The molecule has 0 saturated heterocycles. The summed E-state index contributed by atoms with van der Waals surface area (Å²) in [4.78, 5) is 18.2. The van der Waals surface area contributed by atoms with Crippen LogP contribution < -0.4 is 4.74 Å². The first-order valence-corrected chi connectivity index (χ1v) is 10.2. The van der Waals surface area contributed by atoms with E-state index in [1.54, 1.807) is 45.7 Å². The summed E-state index contributed by atoms with van der Waals surface area (Å²) in [7, 11) is 4.93. The molecule has 8 heteroatoms. The highest BCUT2D eigenvalue weighted by molar-refractivity contribution is 5.92. The van der Waals surface area contributed by atoms with E-state index in [0.29, 0.717) is 35.5 Å². The van der Waals surface area contributed by atoms with Gasteiger partial charge in [-0.3, -0.25) is 9.20 Å². The second kappa shape index (κ2) is 8.74. The lowest BCUT2D eigenvalue weighted by Gasteiger charge is -2.14. The molecule has 1 aromatic carbocycles. The van der Waals surface area contributed by atoms with E-state index >= 15 is 0 Å². The molecular formula is C24H24FN5O2. The number of carbonyl (C=O) groups is 1. The van der Waals surface area contributed by atoms with Crippen molar-refractivity contribution in [1.29, 1.82) is 0 Å². The molecule has 0 fully saturated rings. The maximum Gasteiger partial charge on any atom is 0.271 e. The van der Waals surface area contributed by atoms with Gasteiger partial charge < -0.3 is 9.64 Å². The number of aryl methyl sites for hydroxylation is 2. The maximum atomic E-state index is 14.3. The van der Waals surface area contributed by atoms with Gasteiger partial charge in [0.05, 0.1) is 7.11 Å². The molecule has 7 nitrogen and oxygen atoms in total. The first-order chi connectivity index (χ1) is 15.4. The first kappa shape index (κ1) is 21.4. The van der Waals surface area contributed by atoms with Crippen LogP contribution in [0.5, 0.6) is 5.75 Å². The van der Waals surface area contributed by atoms with Crippen LogP contribution in [-0.2, 0) is 12.8 Å². The van der Waals surface area contributed by atoms with Crippen LogP contribution in [0.1, 0.15) is 27.4 Å². The number of aromatic nitrogens is 4. The van der Waals surface area contributed by atoms with Crippen molar-refractivity contribution in [3.05, 3.63) is 77.3 Å². The number of nitrogens with zero attached hydrogens (tertiary/aromatic N) is 5. The van der Waals surface area contributed by atoms with Gasteiger partial charge in [0.1, 0.15) is 23.6 Å². The summed E-state index contributed by atoms with van der Waals surface area (Å²) >= 11 is 0. The molecule has 4 rings (SSSR count). The Morgan fingerprint density at radius 1 is 1.09 bits per heavy atom. The highest BCUT2D eigenvalue weighted by Gasteiger charge is 2.16. The van der Waals surface area contributed by atoms with Gasteiger partial charge in [-0.25, -0.2) is 9.37 Å². The van der Waals surface area contributed by atoms with Crippen LogP contribution in [-0.4, -0.2) is 51.6 Å². The van der Waals surface area contributed by atoms with E-state index in [2.05, 4.69) is 15.2 Å². The van der Waals surface area contributed by atoms with Crippen LogP contribution in [0.4, 0.5) is 4.39 Å². The van der Waals surface area contributed by atoms with Gasteiger partial charge >= 0.3 is 0 Å². The van der Waals surface area contributed by atoms with E-state index in [0.717, 1.165) is 22.5 Å². The van der Waals surface area contributed by atoms with E-state index in [1.807, 2.05) is 29.5 Å². The minimum atomic E-state index is -0.282. The number of pyridine rings is 2. The van der Waals surface area contributed by atoms with E-state index in [1.165, 1.54) is 11.0 Å². The quantitative estimate of drug-likeness (QED) is 0.463. The van der Waals surface area contributed by atoms with Crippen molar-refractivity contribution >= 4 is 11.6 Å². The van der Waals surface area contributed by atoms with Gasteiger partial charge in [-0.15, -0.1) is 10.2 Å². The predicted molar refractivity (Wildman–Crippen MR) is 119 cm³/mol. The minimum absolute atomic E-state index is 0.147. The summed E-state index contributed by atoms with van der Waals surface area (Å²) in [6, 6.07) is 12.4. The molecule has 3 heterocycles. The number of fused-ring (bicyclic) bond motifs is 1. The lowest BCUT2D eigenvalue weighted by molar-refractivity contribution is 0.0822. The number of halogens is 1. The number of hydrogen-bond donors (Lipinski definition) is 0. The summed E-state index contributed by atoms with van der Waals surface area (Å²) in [6.45, 7) is 1.87. The molecule has 0 unspecified atom stereocenters. The van der Waals surface area contributed by atoms with E-state index in [-0.39, 0.29) is 11.7 Å². The molecule has 0 aliphatic rings. The summed E-state index contributed by atoms with van der Waals surface area (Å²) in [5.74, 6) is 0.108. The molecule has 0 spiro atoms. The Kier molecular flexibility index (Phi) is 5.85. The molecular weight excluding hydrogens is 409 g/mol. The van der Waals surface area contributed by atoms with Crippen molar-refractivity contribution in [3.8, 4) is 16.9 Å². The second-order valence-electron chi connectivity index (χ2n) is 7.71. The Morgan fingerprint density at radius 2 is 1.88 bits per heavy atom. The SMILES string of the molecule is COc1cccc(F)c1CCc1ccc(-c2ccc(C(=O)N(C)C)nc2C)c2nncn12. The lowest BCUT2D eigenvalue weighted by atomic mass is 10.0. The number of methoxy groups -OCH3 is 1. The maximum absolute atomic E-state index is 14.3. The van der Waals surface area contributed by atoms with Crippen LogP contribution in [0.3, 0.4) is 0 Å². The number of hydrogen-bond acceptors (Lipinski definition) is 5. The van der Waals surface area contributed by atoms with E-state index in [4.69, 9.17) is 4.74 Å². The third-order valence-corrected chi connectivity index (χ3v) is 5.47. The third-order valence-electron chi connectivity index (χ3n) is 5.47. The monoisotopic (exact) mass is 433 g/mol. The average Bonchev–Trinajstić information content (AvgIpc) is 3.28. The molecule has 0 aliphatic carbocycles. The fraction of sp³-hybridized carbons (Fsp3) is 0.250. The molecule has 0 bridgehead atoms. The number of rotatable bonds is 6. The van der Waals surface area contributed by atoms with Crippen LogP contribution in [0.25, 0.3) is 16.8 Å². The third kappa shape index (κ3) is 3.91. The van der Waals surface area contributed by atoms with Gasteiger partial charge in [0, 0.05) is 42.2 Å². The van der Waals surface area contributed by atoms with Crippen LogP contribution in [0.15, 0.2) is 48.8 Å². The summed E-state index contributed by atoms with van der Waals surface area (Å²) < 4.78 is 21.5. The average molecular weight is 433 g/mol. The van der Waals surface area contributed by atoms with Crippen molar-refractivity contribution in [2.45, 2.75) is 19.8 Å². The smallest absolute Gasteiger partial charge is 0.271 e. The molecule has 3 aromatic heterocycles. The molecule has 0 radical (unpaired) electrons. The van der Waals surface area contributed by atoms with Crippen molar-refractivity contribution in [2.24, 2.45) is 0 Å². The summed E-state index contributed by atoms with van der Waals surface area (Å²) in [5, 5.41) is 8.39. The molecule has 164 valence electrons. The standard InChI is InChI=1S/C24H24FN5O2/c1-15-17(12-13-21(27-15)24(31)29(2)3)18-10-8-16(30-14-26-28-23(18)30)9-11-19-20(25)6-5-7-22(19)32-4/h5-8,10,12-14H,9,11H2,1-4H3. The number of amides is 1. The highest BCUT2D eigenvalue weighted by Crippen LogP contribution is 2.28. The fourth-order valence-corrected chi connectivity index (χ4v) is 3.80. The fourth-order valence-electron chi connectivity index (χ4n) is 3.80. The number of carbonyl (C=O) groups excluding carboxylic acids is 1. The Labute approximate surface area is 185 Å². The molecule has 0 atom stereocenters. The van der Waals surface area contributed by atoms with Crippen molar-refractivity contribution in [2.75, 3.05) is 21.2 Å². The topological polar surface area (TPSA) is 72.6 Å². The molecule has 0 N–H and O–H groups in total. The van der Waals surface area contributed by atoms with Gasteiger partial charge in [-0.2, -0.15) is 0 Å². The lowest BCUT2D eigenvalue weighted by Crippen LogP contribution is -2.23. The summed E-state index contributed by atoms with van der Waals surface area (Å²) in [5.41, 5.74) is 5.03. The largest absolute Gasteiger partial charge is 0.496 e. The van der Waals surface area contributed by atoms with Crippen LogP contribution in [0.2, 0.25) is 0 Å². The normalized spacial score (nSPS) is 11.0. The highest BCUT2D eigenvalue weighted by atomic mass is 19.1. The molecule has 0 saturated carbocycles. The molecule has 1 amide bonds. The van der Waals surface area contributed by atoms with Gasteiger partial charge in [-0.1, -0.05) is 12.1 Å². The van der Waals surface area contributed by atoms with Crippen molar-refractivity contribution in [1.82, 2.24) is 24.5 Å². The zero-order chi connectivity index (χ0) is 22.8. The predicted octanol–water partition coefficient (Wildman–Crippen LogP) is 3.73. The van der Waals surface area contributed by atoms with Crippen LogP contribution >= 0.6 is 0 Å². The molecule has 4 aromatic rings. The number of benzene rings is 1. The van der Waals surface area contributed by atoms with Crippen LogP contribution in [0, 0.1) is 12.7 Å². The Morgan fingerprint density at radius 3 is 2.59 bits per heavy atom. The first-order valence-electron chi connectivity index (χ1n) is 10.2. The van der Waals surface area contributed by atoms with E-state index < -0.39 is 0 Å². The van der Waals surface area contributed by atoms with Gasteiger partial charge in [0.25, 0.3) is 5.91 Å². The summed E-state index contributed by atoms with van der Waals surface area (Å²) in [6.07, 6.45) is 2.71. The molecule has 32 heavy (non-hydrogen) atoms. The van der Waals surface area contributed by atoms with E-state index in [9.17, 15) is 9.18 Å². The van der Waals surface area contributed by atoms with Gasteiger partial charge in [-0.05, 0) is 50.1 Å². The second-order valence-corrected chi connectivity index (χ2v) is 7.71. The zero-order valence-electron chi connectivity index (χ0n) is 18.5. The van der Waals surface area contributed by atoms with Gasteiger partial charge in [0.2, 0.25) is 0 Å². The van der Waals surface area contributed by atoms with Crippen molar-refractivity contribution < 1.29 is 13.9 Å². The molecule has 0 aliphatic heterocycles. The zero-order valence-corrected chi connectivity index (χ0v) is 18.5. The Hall–Kier alpha value is -3.81. The van der Waals surface area contributed by atoms with Crippen molar-refractivity contribution in [3.63, 3.8) is 0 Å². The Balaban J connectivity index is 1.67.